The average Bonchev–Trinajstić information content (AvgIpc) is 2.80. The standard InChI is InChI=1S/C25H33FN2O3S/c1-5-18(3)27-25(30)23(6-2)28(15-20-8-7-9-22(14-20)31-4)24(29)17-32-16-19-10-12-21(26)13-11-19/h7-14,18,23H,5-6,15-17H2,1-4H3,(H,27,30)/t18-,23+/m1/s1. The van der Waals surface area contributed by atoms with E-state index in [9.17, 15) is 14.0 Å². The van der Waals surface area contributed by atoms with E-state index in [4.69, 9.17) is 4.74 Å². The quantitative estimate of drug-likeness (QED) is 0.495. The Morgan fingerprint density at radius 3 is 2.44 bits per heavy atom. The molecule has 0 unspecified atom stereocenters. The summed E-state index contributed by atoms with van der Waals surface area (Å²) < 4.78 is 18.4. The summed E-state index contributed by atoms with van der Waals surface area (Å²) in [6, 6.07) is 13.3. The Labute approximate surface area is 194 Å². The van der Waals surface area contributed by atoms with Gasteiger partial charge in [0.25, 0.3) is 0 Å². The second-order valence-electron chi connectivity index (χ2n) is 7.73. The number of nitrogens with one attached hydrogen (secondary N) is 1. The third kappa shape index (κ3) is 7.86. The van der Waals surface area contributed by atoms with Gasteiger partial charge in [0.15, 0.2) is 0 Å². The van der Waals surface area contributed by atoms with Crippen LogP contribution in [0.15, 0.2) is 48.5 Å². The van der Waals surface area contributed by atoms with Crippen molar-refractivity contribution in [2.24, 2.45) is 0 Å². The molecule has 2 aromatic rings. The summed E-state index contributed by atoms with van der Waals surface area (Å²) in [5.74, 6) is 1.01. The van der Waals surface area contributed by atoms with Crippen LogP contribution in [-0.4, -0.2) is 41.7 Å². The summed E-state index contributed by atoms with van der Waals surface area (Å²) in [6.45, 7) is 6.20. The van der Waals surface area contributed by atoms with Gasteiger partial charge < -0.3 is 15.0 Å². The van der Waals surface area contributed by atoms with Gasteiger partial charge in [-0.05, 0) is 55.2 Å². The smallest absolute Gasteiger partial charge is 0.243 e. The van der Waals surface area contributed by atoms with Crippen molar-refractivity contribution in [3.05, 3.63) is 65.5 Å². The monoisotopic (exact) mass is 460 g/mol. The largest absolute Gasteiger partial charge is 0.497 e. The van der Waals surface area contributed by atoms with Crippen molar-refractivity contribution in [2.75, 3.05) is 12.9 Å². The number of methoxy groups -OCH3 is 1. The van der Waals surface area contributed by atoms with Gasteiger partial charge in [0.1, 0.15) is 17.6 Å². The van der Waals surface area contributed by atoms with Crippen molar-refractivity contribution in [3.8, 4) is 5.75 Å². The van der Waals surface area contributed by atoms with Crippen LogP contribution in [0.25, 0.3) is 0 Å². The molecule has 0 fully saturated rings. The first-order valence-corrected chi connectivity index (χ1v) is 12.1. The van der Waals surface area contributed by atoms with Gasteiger partial charge in [0.2, 0.25) is 11.8 Å². The van der Waals surface area contributed by atoms with Gasteiger partial charge in [-0.25, -0.2) is 4.39 Å². The van der Waals surface area contributed by atoms with E-state index in [0.29, 0.717) is 24.5 Å². The van der Waals surface area contributed by atoms with E-state index in [0.717, 1.165) is 17.5 Å². The van der Waals surface area contributed by atoms with E-state index in [1.165, 1.54) is 23.9 Å². The number of ether oxygens (including phenoxy) is 1. The van der Waals surface area contributed by atoms with E-state index in [1.54, 1.807) is 24.1 Å². The fourth-order valence-electron chi connectivity index (χ4n) is 3.25. The molecule has 7 heteroatoms. The molecule has 5 nitrogen and oxygen atoms in total. The summed E-state index contributed by atoms with van der Waals surface area (Å²) >= 11 is 1.45. The van der Waals surface area contributed by atoms with Crippen molar-refractivity contribution >= 4 is 23.6 Å². The minimum absolute atomic E-state index is 0.0400. The SMILES string of the molecule is CC[C@@H](C)NC(=O)[C@H](CC)N(Cc1cccc(OC)c1)C(=O)CSCc1ccc(F)cc1. The lowest BCUT2D eigenvalue weighted by Gasteiger charge is -2.31. The fraction of sp³-hybridized carbons (Fsp3) is 0.440. The lowest BCUT2D eigenvalue weighted by atomic mass is 10.1. The second kappa shape index (κ2) is 13.1. The van der Waals surface area contributed by atoms with Crippen LogP contribution in [0.3, 0.4) is 0 Å². The van der Waals surface area contributed by atoms with Crippen LogP contribution in [0.2, 0.25) is 0 Å². The number of carbonyl (C=O) groups is 2. The average molecular weight is 461 g/mol. The minimum Gasteiger partial charge on any atom is -0.497 e. The van der Waals surface area contributed by atoms with Gasteiger partial charge in [0.05, 0.1) is 12.9 Å². The molecule has 0 aromatic heterocycles. The maximum atomic E-state index is 13.2. The second-order valence-corrected chi connectivity index (χ2v) is 8.72. The fourth-order valence-corrected chi connectivity index (χ4v) is 4.12. The van der Waals surface area contributed by atoms with Crippen molar-refractivity contribution in [1.82, 2.24) is 10.2 Å². The summed E-state index contributed by atoms with van der Waals surface area (Å²) in [5, 5.41) is 3.01. The van der Waals surface area contributed by atoms with E-state index < -0.39 is 6.04 Å². The molecule has 2 rings (SSSR count). The Morgan fingerprint density at radius 1 is 1.09 bits per heavy atom. The Morgan fingerprint density at radius 2 is 1.81 bits per heavy atom. The molecule has 0 heterocycles. The van der Waals surface area contributed by atoms with E-state index in [-0.39, 0.29) is 29.4 Å². The van der Waals surface area contributed by atoms with Crippen LogP contribution in [0, 0.1) is 5.82 Å². The van der Waals surface area contributed by atoms with Crippen molar-refractivity contribution in [3.63, 3.8) is 0 Å². The molecular formula is C25H33FN2O3S. The molecule has 0 aliphatic carbocycles. The molecule has 2 aromatic carbocycles. The zero-order valence-corrected chi connectivity index (χ0v) is 20.1. The van der Waals surface area contributed by atoms with Crippen LogP contribution in [0.4, 0.5) is 4.39 Å². The molecule has 32 heavy (non-hydrogen) atoms. The zero-order chi connectivity index (χ0) is 23.5. The summed E-state index contributed by atoms with van der Waals surface area (Å²) in [4.78, 5) is 27.9. The number of carbonyl (C=O) groups excluding carboxylic acids is 2. The van der Waals surface area contributed by atoms with Crippen molar-refractivity contribution in [1.29, 1.82) is 0 Å². The molecule has 174 valence electrons. The number of hydrogen-bond donors (Lipinski definition) is 1. The van der Waals surface area contributed by atoms with E-state index >= 15 is 0 Å². The van der Waals surface area contributed by atoms with Gasteiger partial charge in [-0.2, -0.15) is 0 Å². The third-order valence-corrected chi connectivity index (χ3v) is 6.27. The highest BCUT2D eigenvalue weighted by Gasteiger charge is 2.29. The maximum absolute atomic E-state index is 13.2. The maximum Gasteiger partial charge on any atom is 0.243 e. The predicted octanol–water partition coefficient (Wildman–Crippen LogP) is 4.79. The Balaban J connectivity index is 2.15. The van der Waals surface area contributed by atoms with Gasteiger partial charge in [-0.1, -0.05) is 38.1 Å². The number of rotatable bonds is 12. The third-order valence-electron chi connectivity index (χ3n) is 5.28. The topological polar surface area (TPSA) is 58.6 Å². The zero-order valence-electron chi connectivity index (χ0n) is 19.3. The Hall–Kier alpha value is -2.54. The molecule has 1 N–H and O–H groups in total. The number of halogens is 1. The molecule has 0 aliphatic rings. The molecule has 0 saturated carbocycles. The van der Waals surface area contributed by atoms with Crippen LogP contribution >= 0.6 is 11.8 Å². The van der Waals surface area contributed by atoms with Gasteiger partial charge >= 0.3 is 0 Å². The van der Waals surface area contributed by atoms with E-state index in [2.05, 4.69) is 5.32 Å². The lowest BCUT2D eigenvalue weighted by molar-refractivity contribution is -0.139. The van der Waals surface area contributed by atoms with Crippen molar-refractivity contribution < 1.29 is 18.7 Å². The van der Waals surface area contributed by atoms with Gasteiger partial charge in [-0.15, -0.1) is 11.8 Å². The molecule has 2 atom stereocenters. The molecule has 2 amide bonds. The summed E-state index contributed by atoms with van der Waals surface area (Å²) in [6.07, 6.45) is 1.33. The first-order valence-electron chi connectivity index (χ1n) is 10.9. The van der Waals surface area contributed by atoms with Crippen molar-refractivity contribution in [2.45, 2.75) is 58.0 Å². The molecule has 0 radical (unpaired) electrons. The van der Waals surface area contributed by atoms with Crippen LogP contribution < -0.4 is 10.1 Å². The molecule has 0 bridgehead atoms. The molecular weight excluding hydrogens is 427 g/mol. The number of benzene rings is 2. The van der Waals surface area contributed by atoms with Crippen LogP contribution in [0.1, 0.15) is 44.7 Å². The first kappa shape index (κ1) is 25.7. The van der Waals surface area contributed by atoms with Crippen LogP contribution in [0.5, 0.6) is 5.75 Å². The summed E-state index contributed by atoms with van der Waals surface area (Å²) in [5.41, 5.74) is 1.85. The Kier molecular flexibility index (Phi) is 10.5. The normalized spacial score (nSPS) is 12.7. The highest BCUT2D eigenvalue weighted by Crippen LogP contribution is 2.20. The number of thioether (sulfide) groups is 1. The molecule has 0 aliphatic heterocycles. The minimum atomic E-state index is -0.561. The summed E-state index contributed by atoms with van der Waals surface area (Å²) in [7, 11) is 1.60. The van der Waals surface area contributed by atoms with Gasteiger partial charge in [0, 0.05) is 18.3 Å². The highest BCUT2D eigenvalue weighted by molar-refractivity contribution is 7.99. The van der Waals surface area contributed by atoms with E-state index in [1.807, 2.05) is 45.0 Å². The number of hydrogen-bond acceptors (Lipinski definition) is 4. The predicted molar refractivity (Wildman–Crippen MR) is 128 cm³/mol. The molecule has 0 spiro atoms. The molecule has 0 saturated heterocycles. The lowest BCUT2D eigenvalue weighted by Crippen LogP contribution is -2.51. The Bertz CT molecular complexity index is 876. The first-order chi connectivity index (χ1) is 15.4. The number of nitrogens with zero attached hydrogens (tertiary/aromatic N) is 1. The number of amides is 2. The van der Waals surface area contributed by atoms with Crippen LogP contribution in [-0.2, 0) is 21.9 Å². The van der Waals surface area contributed by atoms with Gasteiger partial charge in [-0.3, -0.25) is 9.59 Å². The highest BCUT2D eigenvalue weighted by atomic mass is 32.2.